The van der Waals surface area contributed by atoms with Gasteiger partial charge in [-0.3, -0.25) is 9.59 Å². The first-order chi connectivity index (χ1) is 13.3. The predicted octanol–water partition coefficient (Wildman–Crippen LogP) is 3.20. The lowest BCUT2D eigenvalue weighted by Crippen LogP contribution is -2.34. The number of aryl methyl sites for hydroxylation is 2. The van der Waals surface area contributed by atoms with E-state index in [4.69, 9.17) is 0 Å². The number of anilines is 1. The fourth-order valence-electron chi connectivity index (χ4n) is 2.63. The molecule has 0 unspecified atom stereocenters. The molecule has 0 aromatic heterocycles. The lowest BCUT2D eigenvalue weighted by Gasteiger charge is -2.16. The quantitative estimate of drug-likeness (QED) is 0.617. The minimum Gasteiger partial charge on any atom is -0.465 e. The molecule has 0 saturated carbocycles. The van der Waals surface area contributed by atoms with Crippen LogP contribution >= 0.6 is 0 Å². The van der Waals surface area contributed by atoms with Gasteiger partial charge in [0.2, 0.25) is 11.8 Å². The number of carbonyl (C=O) groups is 3. The van der Waals surface area contributed by atoms with Gasteiger partial charge in [0.05, 0.1) is 19.2 Å². The van der Waals surface area contributed by atoms with Crippen LogP contribution in [0.5, 0.6) is 0 Å². The van der Waals surface area contributed by atoms with Gasteiger partial charge in [-0.25, -0.2) is 4.79 Å². The highest BCUT2D eigenvalue weighted by Crippen LogP contribution is 2.19. The van der Waals surface area contributed by atoms with Gasteiger partial charge in [0.15, 0.2) is 0 Å². The average Bonchev–Trinajstić information content (AvgIpc) is 2.68. The smallest absolute Gasteiger partial charge is 0.337 e. The Labute approximate surface area is 164 Å². The zero-order chi connectivity index (χ0) is 20.7. The molecule has 0 saturated heterocycles. The number of rotatable bonds is 6. The van der Waals surface area contributed by atoms with Crippen LogP contribution in [-0.4, -0.2) is 43.4 Å². The number of benzene rings is 2. The Bertz CT molecular complexity index is 881. The van der Waals surface area contributed by atoms with E-state index in [0.29, 0.717) is 5.56 Å². The summed E-state index contributed by atoms with van der Waals surface area (Å²) in [5, 5.41) is 2.86. The molecule has 2 aromatic rings. The molecule has 0 heterocycles. The normalized spacial score (nSPS) is 10.6. The van der Waals surface area contributed by atoms with Crippen LogP contribution in [0.4, 0.5) is 5.69 Å². The van der Waals surface area contributed by atoms with Crippen molar-refractivity contribution in [3.63, 3.8) is 0 Å². The predicted molar refractivity (Wildman–Crippen MR) is 109 cm³/mol. The molecular weight excluding hydrogens is 356 g/mol. The lowest BCUT2D eigenvalue weighted by molar-refractivity contribution is -0.129. The number of hydrogen-bond acceptors (Lipinski definition) is 4. The number of methoxy groups -OCH3 is 1. The number of esters is 1. The Morgan fingerprint density at radius 2 is 1.64 bits per heavy atom. The molecule has 0 spiro atoms. The molecule has 2 amide bonds. The van der Waals surface area contributed by atoms with Gasteiger partial charge < -0.3 is 15.0 Å². The van der Waals surface area contributed by atoms with Crippen LogP contribution in [-0.2, 0) is 14.3 Å². The number of likely N-dealkylation sites (N-methyl/N-ethyl adjacent to an activating group) is 1. The van der Waals surface area contributed by atoms with Gasteiger partial charge in [0.1, 0.15) is 0 Å². The van der Waals surface area contributed by atoms with Gasteiger partial charge in [0.25, 0.3) is 0 Å². The molecule has 2 aromatic carbocycles. The number of ether oxygens (including phenoxy) is 1. The van der Waals surface area contributed by atoms with Crippen molar-refractivity contribution < 1.29 is 19.1 Å². The molecule has 1 N–H and O–H groups in total. The van der Waals surface area contributed by atoms with Crippen LogP contribution in [0.25, 0.3) is 6.08 Å². The second kappa shape index (κ2) is 9.50. The van der Waals surface area contributed by atoms with Gasteiger partial charge >= 0.3 is 5.97 Å². The third-order valence-electron chi connectivity index (χ3n) is 4.25. The van der Waals surface area contributed by atoms with Crippen molar-refractivity contribution in [2.24, 2.45) is 0 Å². The second-order valence-electron chi connectivity index (χ2n) is 6.46. The Morgan fingerprint density at radius 1 is 1.04 bits per heavy atom. The molecule has 6 nitrogen and oxygen atoms in total. The van der Waals surface area contributed by atoms with Crippen molar-refractivity contribution in [1.82, 2.24) is 4.90 Å². The molecule has 6 heteroatoms. The zero-order valence-corrected chi connectivity index (χ0v) is 16.5. The molecule has 0 bridgehead atoms. The van der Waals surface area contributed by atoms with Gasteiger partial charge in [-0.2, -0.15) is 0 Å². The Balaban J connectivity index is 1.94. The van der Waals surface area contributed by atoms with Gasteiger partial charge in [-0.05, 0) is 48.7 Å². The summed E-state index contributed by atoms with van der Waals surface area (Å²) in [6.07, 6.45) is 3.02. The maximum atomic E-state index is 12.3. The highest BCUT2D eigenvalue weighted by Gasteiger charge is 2.12. The topological polar surface area (TPSA) is 75.7 Å². The number of para-hydroxylation sites is 1. The van der Waals surface area contributed by atoms with Crippen LogP contribution in [0.3, 0.4) is 0 Å². The summed E-state index contributed by atoms with van der Waals surface area (Å²) in [7, 11) is 2.89. The maximum Gasteiger partial charge on any atom is 0.337 e. The van der Waals surface area contributed by atoms with E-state index in [2.05, 4.69) is 10.1 Å². The molecule has 2 rings (SSSR count). The first-order valence-corrected chi connectivity index (χ1v) is 8.79. The summed E-state index contributed by atoms with van der Waals surface area (Å²) < 4.78 is 4.64. The first-order valence-electron chi connectivity index (χ1n) is 8.79. The van der Waals surface area contributed by atoms with E-state index in [1.54, 1.807) is 37.4 Å². The molecule has 0 radical (unpaired) electrons. The molecule has 0 aliphatic heterocycles. The second-order valence-corrected chi connectivity index (χ2v) is 6.46. The zero-order valence-electron chi connectivity index (χ0n) is 16.5. The van der Waals surface area contributed by atoms with E-state index in [1.807, 2.05) is 32.0 Å². The van der Waals surface area contributed by atoms with E-state index in [-0.39, 0.29) is 18.4 Å². The lowest BCUT2D eigenvalue weighted by atomic mass is 10.1. The number of nitrogens with one attached hydrogen (secondary N) is 1. The molecule has 0 aliphatic rings. The van der Waals surface area contributed by atoms with Crippen LogP contribution in [0.1, 0.15) is 27.0 Å². The maximum absolute atomic E-state index is 12.3. The van der Waals surface area contributed by atoms with E-state index in [0.717, 1.165) is 22.4 Å². The highest BCUT2D eigenvalue weighted by molar-refractivity contribution is 5.98. The summed E-state index contributed by atoms with van der Waals surface area (Å²) in [4.78, 5) is 37.3. The highest BCUT2D eigenvalue weighted by atomic mass is 16.5. The van der Waals surface area contributed by atoms with Crippen molar-refractivity contribution in [2.75, 3.05) is 26.0 Å². The van der Waals surface area contributed by atoms with Crippen LogP contribution < -0.4 is 5.32 Å². The van der Waals surface area contributed by atoms with Crippen molar-refractivity contribution in [3.8, 4) is 0 Å². The minimum absolute atomic E-state index is 0.0573. The van der Waals surface area contributed by atoms with Crippen LogP contribution in [0.15, 0.2) is 48.5 Å². The Kier molecular flexibility index (Phi) is 7.09. The van der Waals surface area contributed by atoms with E-state index in [9.17, 15) is 14.4 Å². The third-order valence-corrected chi connectivity index (χ3v) is 4.25. The molecule has 146 valence electrons. The number of nitrogens with zero attached hydrogens (tertiary/aromatic N) is 1. The van der Waals surface area contributed by atoms with Gasteiger partial charge in [-0.15, -0.1) is 0 Å². The fraction of sp³-hybridized carbons (Fsp3) is 0.227. The molecule has 0 atom stereocenters. The Hall–Kier alpha value is -3.41. The first kappa shape index (κ1) is 20.9. The fourth-order valence-corrected chi connectivity index (χ4v) is 2.63. The van der Waals surface area contributed by atoms with E-state index in [1.165, 1.54) is 18.1 Å². The molecule has 0 fully saturated rings. The molecule has 0 aliphatic carbocycles. The summed E-state index contributed by atoms with van der Waals surface area (Å²) in [6, 6.07) is 12.4. The van der Waals surface area contributed by atoms with Crippen LogP contribution in [0, 0.1) is 13.8 Å². The average molecular weight is 380 g/mol. The summed E-state index contributed by atoms with van der Waals surface area (Å²) in [5.41, 5.74) is 3.91. The minimum atomic E-state index is -0.416. The molecular formula is C22H24N2O4. The van der Waals surface area contributed by atoms with E-state index >= 15 is 0 Å². The number of hydrogen-bond donors (Lipinski definition) is 1. The number of carbonyl (C=O) groups excluding carboxylic acids is 3. The molecule has 28 heavy (non-hydrogen) atoms. The van der Waals surface area contributed by atoms with E-state index < -0.39 is 5.97 Å². The van der Waals surface area contributed by atoms with Gasteiger partial charge in [-0.1, -0.05) is 30.3 Å². The Morgan fingerprint density at radius 3 is 2.21 bits per heavy atom. The number of amides is 2. The monoisotopic (exact) mass is 380 g/mol. The summed E-state index contributed by atoms with van der Waals surface area (Å²) >= 11 is 0. The van der Waals surface area contributed by atoms with Crippen molar-refractivity contribution in [3.05, 3.63) is 70.8 Å². The summed E-state index contributed by atoms with van der Waals surface area (Å²) in [6.45, 7) is 3.79. The van der Waals surface area contributed by atoms with Gasteiger partial charge in [0, 0.05) is 18.8 Å². The van der Waals surface area contributed by atoms with Crippen molar-refractivity contribution in [1.29, 1.82) is 0 Å². The largest absolute Gasteiger partial charge is 0.465 e. The van der Waals surface area contributed by atoms with Crippen molar-refractivity contribution >= 4 is 29.5 Å². The SMILES string of the molecule is COC(=O)c1ccc(/C=C/C(=O)N(C)CC(=O)Nc2c(C)cccc2C)cc1. The third kappa shape index (κ3) is 5.54. The standard InChI is InChI=1S/C22H24N2O4/c1-15-6-5-7-16(2)21(15)23-19(25)14-24(3)20(26)13-10-17-8-11-18(12-9-17)22(27)28-4/h5-13H,14H2,1-4H3,(H,23,25)/b13-10+. The summed E-state index contributed by atoms with van der Waals surface area (Å²) in [5.74, 6) is -0.973. The van der Waals surface area contributed by atoms with Crippen LogP contribution in [0.2, 0.25) is 0 Å². The van der Waals surface area contributed by atoms with Crippen molar-refractivity contribution in [2.45, 2.75) is 13.8 Å².